The molecule has 0 amide bonds. The molecule has 0 saturated heterocycles. The number of rotatable bonds is 9. The lowest BCUT2D eigenvalue weighted by Gasteiger charge is -2.05. The van der Waals surface area contributed by atoms with Crippen molar-refractivity contribution in [3.63, 3.8) is 0 Å². The van der Waals surface area contributed by atoms with Crippen molar-refractivity contribution < 1.29 is 17.9 Å². The summed E-state index contributed by atoms with van der Waals surface area (Å²) in [7, 11) is -3.47. The molecule has 2 aromatic carbocycles. The Kier molecular flexibility index (Phi) is 7.56. The fourth-order valence-electron chi connectivity index (χ4n) is 2.32. The molecule has 2 rings (SSSR count). The fourth-order valence-corrected chi connectivity index (χ4v) is 3.14. The molecule has 0 aromatic heterocycles. The van der Waals surface area contributed by atoms with Crippen LogP contribution in [0.1, 0.15) is 23.6 Å². The summed E-state index contributed by atoms with van der Waals surface area (Å²) < 4.78 is 31.4. The van der Waals surface area contributed by atoms with E-state index in [0.29, 0.717) is 19.6 Å². The Bertz CT molecular complexity index is 828. The van der Waals surface area contributed by atoms with E-state index in [1.54, 1.807) is 13.0 Å². The van der Waals surface area contributed by atoms with Crippen LogP contribution < -0.4 is 4.72 Å². The van der Waals surface area contributed by atoms with Gasteiger partial charge in [0.25, 0.3) is 0 Å². The van der Waals surface area contributed by atoms with Crippen LogP contribution in [0, 0.1) is 0 Å². The molecule has 0 bridgehead atoms. The lowest BCUT2D eigenvalue weighted by molar-refractivity contribution is -0.142. The van der Waals surface area contributed by atoms with Gasteiger partial charge in [-0.05, 0) is 36.1 Å². The highest BCUT2D eigenvalue weighted by atomic mass is 32.2. The van der Waals surface area contributed by atoms with Crippen LogP contribution >= 0.6 is 0 Å². The lowest BCUT2D eigenvalue weighted by Crippen LogP contribution is -2.23. The summed E-state index contributed by atoms with van der Waals surface area (Å²) >= 11 is 0. The molecule has 0 radical (unpaired) electrons. The molecule has 138 valence electrons. The lowest BCUT2D eigenvalue weighted by atomic mass is 10.1. The number of hydrogen-bond acceptors (Lipinski definition) is 4. The topological polar surface area (TPSA) is 72.5 Å². The first-order valence-electron chi connectivity index (χ1n) is 8.45. The van der Waals surface area contributed by atoms with Crippen LogP contribution in [-0.2, 0) is 32.4 Å². The minimum atomic E-state index is -3.47. The third-order valence-corrected chi connectivity index (χ3v) is 4.73. The minimum Gasteiger partial charge on any atom is -0.466 e. The summed E-state index contributed by atoms with van der Waals surface area (Å²) in [4.78, 5) is 11.4. The Morgan fingerprint density at radius 2 is 1.69 bits per heavy atom. The van der Waals surface area contributed by atoms with E-state index >= 15 is 0 Å². The first-order chi connectivity index (χ1) is 12.5. The number of sulfonamides is 1. The van der Waals surface area contributed by atoms with Crippen LogP contribution in [0.2, 0.25) is 0 Å². The van der Waals surface area contributed by atoms with Crippen molar-refractivity contribution in [3.05, 3.63) is 76.7 Å². The van der Waals surface area contributed by atoms with Crippen molar-refractivity contribution in [2.75, 3.05) is 13.2 Å². The Morgan fingerprint density at radius 1 is 1.04 bits per heavy atom. The maximum absolute atomic E-state index is 12.0. The zero-order valence-electron chi connectivity index (χ0n) is 14.7. The third kappa shape index (κ3) is 7.21. The van der Waals surface area contributed by atoms with Crippen LogP contribution in [0.4, 0.5) is 0 Å². The standard InChI is InChI=1S/C20H23NO4S/c1-2-25-20(22)16-19-10-8-18(9-11-19)12-14-21-26(23,24)15-13-17-6-4-3-5-7-17/h3-11,13,15,21H,2,12,14,16H2,1H3. The van der Waals surface area contributed by atoms with Crippen LogP contribution in [0.5, 0.6) is 0 Å². The van der Waals surface area contributed by atoms with E-state index in [-0.39, 0.29) is 12.4 Å². The number of carbonyl (C=O) groups excluding carboxylic acids is 1. The molecule has 6 heteroatoms. The first-order valence-corrected chi connectivity index (χ1v) is 9.99. The highest BCUT2D eigenvalue weighted by Crippen LogP contribution is 2.07. The Labute approximate surface area is 154 Å². The summed E-state index contributed by atoms with van der Waals surface area (Å²) in [6.45, 7) is 2.45. The molecule has 0 aliphatic rings. The van der Waals surface area contributed by atoms with Gasteiger partial charge < -0.3 is 4.74 Å². The van der Waals surface area contributed by atoms with Crippen LogP contribution in [-0.4, -0.2) is 27.5 Å². The second-order valence-electron chi connectivity index (χ2n) is 5.70. The molecule has 0 spiro atoms. The summed E-state index contributed by atoms with van der Waals surface area (Å²) in [6, 6.07) is 16.8. The van der Waals surface area contributed by atoms with E-state index < -0.39 is 10.0 Å². The van der Waals surface area contributed by atoms with Gasteiger partial charge in [-0.2, -0.15) is 0 Å². The molecule has 0 saturated carbocycles. The predicted octanol–water partition coefficient (Wildman–Crippen LogP) is 2.93. The van der Waals surface area contributed by atoms with E-state index in [1.165, 1.54) is 5.41 Å². The van der Waals surface area contributed by atoms with Crippen LogP contribution in [0.3, 0.4) is 0 Å². The summed E-state index contributed by atoms with van der Waals surface area (Å²) in [5, 5.41) is 1.17. The molecule has 0 unspecified atom stereocenters. The van der Waals surface area contributed by atoms with E-state index in [1.807, 2.05) is 54.6 Å². The second kappa shape index (κ2) is 9.89. The quantitative estimate of drug-likeness (QED) is 0.686. The van der Waals surface area contributed by atoms with Crippen molar-refractivity contribution in [3.8, 4) is 0 Å². The number of ether oxygens (including phenoxy) is 1. The van der Waals surface area contributed by atoms with Crippen molar-refractivity contribution in [2.45, 2.75) is 19.8 Å². The van der Waals surface area contributed by atoms with E-state index in [0.717, 1.165) is 16.7 Å². The first kappa shape index (κ1) is 19.9. The Hall–Kier alpha value is -2.44. The van der Waals surface area contributed by atoms with Gasteiger partial charge >= 0.3 is 5.97 Å². The molecule has 0 fully saturated rings. The zero-order valence-corrected chi connectivity index (χ0v) is 15.5. The number of benzene rings is 2. The smallest absolute Gasteiger partial charge is 0.310 e. The molecule has 1 N–H and O–H groups in total. The monoisotopic (exact) mass is 373 g/mol. The fraction of sp³-hybridized carbons (Fsp3) is 0.250. The molecule has 5 nitrogen and oxygen atoms in total. The van der Waals surface area contributed by atoms with Gasteiger partial charge in [0.1, 0.15) is 0 Å². The average Bonchev–Trinajstić information content (AvgIpc) is 2.63. The number of carbonyl (C=O) groups is 1. The highest BCUT2D eigenvalue weighted by molar-refractivity contribution is 7.92. The van der Waals surface area contributed by atoms with Crippen molar-refractivity contribution in [2.24, 2.45) is 0 Å². The highest BCUT2D eigenvalue weighted by Gasteiger charge is 2.06. The molecule has 0 atom stereocenters. The van der Waals surface area contributed by atoms with Gasteiger partial charge in [0.2, 0.25) is 10.0 Å². The van der Waals surface area contributed by atoms with Gasteiger partial charge in [-0.3, -0.25) is 4.79 Å². The number of esters is 1. The normalized spacial score (nSPS) is 11.6. The average molecular weight is 373 g/mol. The summed E-state index contributed by atoms with van der Waals surface area (Å²) in [5.74, 6) is -0.252. The van der Waals surface area contributed by atoms with Crippen molar-refractivity contribution in [1.29, 1.82) is 0 Å². The van der Waals surface area contributed by atoms with Gasteiger partial charge in [0, 0.05) is 12.0 Å². The Morgan fingerprint density at radius 3 is 2.35 bits per heavy atom. The Balaban J connectivity index is 1.81. The molecular weight excluding hydrogens is 350 g/mol. The van der Waals surface area contributed by atoms with Gasteiger partial charge in [-0.25, -0.2) is 13.1 Å². The molecular formula is C20H23NO4S. The summed E-state index contributed by atoms with van der Waals surface area (Å²) in [6.07, 6.45) is 2.37. The van der Waals surface area contributed by atoms with Gasteiger partial charge in [-0.15, -0.1) is 0 Å². The zero-order chi connectivity index (χ0) is 18.8. The SMILES string of the molecule is CCOC(=O)Cc1ccc(CCNS(=O)(=O)C=Cc2ccccc2)cc1. The maximum atomic E-state index is 12.0. The van der Waals surface area contributed by atoms with Gasteiger partial charge in [0.15, 0.2) is 0 Å². The molecule has 26 heavy (non-hydrogen) atoms. The number of nitrogens with one attached hydrogen (secondary N) is 1. The third-order valence-electron chi connectivity index (χ3n) is 3.63. The molecule has 0 aliphatic heterocycles. The van der Waals surface area contributed by atoms with Gasteiger partial charge in [-0.1, -0.05) is 54.6 Å². The van der Waals surface area contributed by atoms with Crippen molar-refractivity contribution in [1.82, 2.24) is 4.72 Å². The van der Waals surface area contributed by atoms with Crippen LogP contribution in [0.15, 0.2) is 60.0 Å². The van der Waals surface area contributed by atoms with Crippen molar-refractivity contribution >= 4 is 22.1 Å². The van der Waals surface area contributed by atoms with Crippen LogP contribution in [0.25, 0.3) is 6.08 Å². The molecule has 0 aliphatic carbocycles. The summed E-state index contributed by atoms with van der Waals surface area (Å²) in [5.41, 5.74) is 2.70. The molecule has 0 heterocycles. The largest absolute Gasteiger partial charge is 0.466 e. The van der Waals surface area contributed by atoms with E-state index in [4.69, 9.17) is 4.74 Å². The number of hydrogen-bond donors (Lipinski definition) is 1. The molecule has 2 aromatic rings. The van der Waals surface area contributed by atoms with E-state index in [9.17, 15) is 13.2 Å². The maximum Gasteiger partial charge on any atom is 0.310 e. The minimum absolute atomic E-state index is 0.241. The van der Waals surface area contributed by atoms with Gasteiger partial charge in [0.05, 0.1) is 13.0 Å². The van der Waals surface area contributed by atoms with E-state index in [2.05, 4.69) is 4.72 Å². The predicted molar refractivity (Wildman–Crippen MR) is 103 cm³/mol. The second-order valence-corrected chi connectivity index (χ2v) is 7.35.